The molecule has 21 heavy (non-hydrogen) atoms. The van der Waals surface area contributed by atoms with Gasteiger partial charge in [0, 0.05) is 30.6 Å². The molecule has 0 saturated heterocycles. The Morgan fingerprint density at radius 1 is 1.38 bits per heavy atom. The highest BCUT2D eigenvalue weighted by atomic mass is 32.1. The van der Waals surface area contributed by atoms with Crippen molar-refractivity contribution in [3.05, 3.63) is 52.0 Å². The number of aromatic nitrogens is 1. The molecular weight excluding hydrogens is 282 g/mol. The zero-order chi connectivity index (χ0) is 15.1. The van der Waals surface area contributed by atoms with Gasteiger partial charge in [-0.2, -0.15) is 0 Å². The summed E-state index contributed by atoms with van der Waals surface area (Å²) in [5.41, 5.74) is 2.49. The Kier molecular flexibility index (Phi) is 5.75. The fraction of sp³-hybridized carbons (Fsp3) is 0.375. The summed E-state index contributed by atoms with van der Waals surface area (Å²) in [5, 5.41) is 8.77. The van der Waals surface area contributed by atoms with Crippen LogP contribution in [0, 0.1) is 6.92 Å². The van der Waals surface area contributed by atoms with Crippen LogP contribution in [0.3, 0.4) is 0 Å². The molecule has 1 atom stereocenters. The van der Waals surface area contributed by atoms with E-state index in [9.17, 15) is 4.79 Å². The summed E-state index contributed by atoms with van der Waals surface area (Å²) in [6.45, 7) is 5.38. The summed E-state index contributed by atoms with van der Waals surface area (Å²) >= 11 is 1.62. The van der Waals surface area contributed by atoms with Gasteiger partial charge >= 0.3 is 6.03 Å². The lowest BCUT2D eigenvalue weighted by molar-refractivity contribution is 0.240. The highest BCUT2D eigenvalue weighted by molar-refractivity contribution is 7.09. The number of aryl methyl sites for hydroxylation is 1. The zero-order valence-electron chi connectivity index (χ0n) is 12.4. The van der Waals surface area contributed by atoms with E-state index in [-0.39, 0.29) is 11.9 Å². The maximum atomic E-state index is 11.7. The van der Waals surface area contributed by atoms with Gasteiger partial charge in [0.1, 0.15) is 0 Å². The van der Waals surface area contributed by atoms with E-state index >= 15 is 0 Å². The van der Waals surface area contributed by atoms with E-state index in [1.807, 2.05) is 11.4 Å². The molecule has 1 heterocycles. The normalized spacial score (nSPS) is 11.9. The molecule has 0 spiro atoms. The van der Waals surface area contributed by atoms with Gasteiger partial charge in [0.15, 0.2) is 0 Å². The summed E-state index contributed by atoms with van der Waals surface area (Å²) in [7, 11) is 0. The second kappa shape index (κ2) is 7.78. The summed E-state index contributed by atoms with van der Waals surface area (Å²) in [5.74, 6) is 0.243. The van der Waals surface area contributed by atoms with Crippen LogP contribution in [0.5, 0.6) is 0 Å². The van der Waals surface area contributed by atoms with E-state index < -0.39 is 0 Å². The van der Waals surface area contributed by atoms with Gasteiger partial charge in [-0.05, 0) is 18.9 Å². The number of carbonyl (C=O) groups excluding carboxylic acids is 1. The standard InChI is InChI=1S/C16H21N3OS/c1-12-4-3-5-14(10-12)6-7-18-16(20)19-11-13(2)15-17-8-9-21-15/h3-5,8-10,13H,6-7,11H2,1-2H3,(H2,18,19,20). The molecule has 2 amide bonds. The van der Waals surface area contributed by atoms with E-state index in [2.05, 4.69) is 47.7 Å². The Morgan fingerprint density at radius 3 is 2.95 bits per heavy atom. The third-order valence-electron chi connectivity index (χ3n) is 3.22. The van der Waals surface area contributed by atoms with Crippen molar-refractivity contribution in [2.24, 2.45) is 0 Å². The number of rotatable bonds is 6. The van der Waals surface area contributed by atoms with Crippen molar-refractivity contribution in [2.45, 2.75) is 26.2 Å². The average Bonchev–Trinajstić information content (AvgIpc) is 2.99. The largest absolute Gasteiger partial charge is 0.338 e. The zero-order valence-corrected chi connectivity index (χ0v) is 13.2. The van der Waals surface area contributed by atoms with Crippen LogP contribution in [0.1, 0.15) is 29.0 Å². The Labute approximate surface area is 129 Å². The molecule has 0 aliphatic heterocycles. The summed E-state index contributed by atoms with van der Waals surface area (Å²) < 4.78 is 0. The van der Waals surface area contributed by atoms with Gasteiger partial charge in [-0.1, -0.05) is 36.8 Å². The Hall–Kier alpha value is -1.88. The number of hydrogen-bond acceptors (Lipinski definition) is 3. The Morgan fingerprint density at radius 2 is 2.24 bits per heavy atom. The smallest absolute Gasteiger partial charge is 0.314 e. The third kappa shape index (κ3) is 5.19. The van der Waals surface area contributed by atoms with Crippen LogP contribution >= 0.6 is 11.3 Å². The first kappa shape index (κ1) is 15.5. The van der Waals surface area contributed by atoms with Crippen molar-refractivity contribution in [3.8, 4) is 0 Å². The van der Waals surface area contributed by atoms with Crippen LogP contribution in [0.25, 0.3) is 0 Å². The molecule has 0 bridgehead atoms. The highest BCUT2D eigenvalue weighted by Gasteiger charge is 2.09. The van der Waals surface area contributed by atoms with Gasteiger partial charge in [0.05, 0.1) is 5.01 Å². The molecule has 1 aromatic carbocycles. The van der Waals surface area contributed by atoms with Crippen molar-refractivity contribution in [3.63, 3.8) is 0 Å². The van der Waals surface area contributed by atoms with Crippen molar-refractivity contribution in [1.29, 1.82) is 0 Å². The summed E-state index contributed by atoms with van der Waals surface area (Å²) in [6, 6.07) is 8.22. The van der Waals surface area contributed by atoms with Gasteiger partial charge in [-0.15, -0.1) is 11.3 Å². The topological polar surface area (TPSA) is 54.0 Å². The molecule has 2 aromatic rings. The predicted octanol–water partition coefficient (Wildman–Crippen LogP) is 3.10. The van der Waals surface area contributed by atoms with Crippen molar-refractivity contribution < 1.29 is 4.79 Å². The van der Waals surface area contributed by atoms with E-state index in [4.69, 9.17) is 0 Å². The number of thiazole rings is 1. The number of benzene rings is 1. The lowest BCUT2D eigenvalue weighted by Gasteiger charge is -2.11. The SMILES string of the molecule is Cc1cccc(CCNC(=O)NCC(C)c2nccs2)c1. The molecule has 2 rings (SSSR count). The van der Waals surface area contributed by atoms with Gasteiger partial charge < -0.3 is 10.6 Å². The Bertz CT molecular complexity index is 569. The van der Waals surface area contributed by atoms with Gasteiger partial charge in [-0.3, -0.25) is 0 Å². The van der Waals surface area contributed by atoms with Crippen molar-refractivity contribution in [2.75, 3.05) is 13.1 Å². The first-order valence-electron chi connectivity index (χ1n) is 7.12. The molecule has 0 aliphatic carbocycles. The minimum Gasteiger partial charge on any atom is -0.338 e. The number of nitrogens with one attached hydrogen (secondary N) is 2. The number of carbonyl (C=O) groups is 1. The third-order valence-corrected chi connectivity index (χ3v) is 4.23. The van der Waals surface area contributed by atoms with Crippen LogP contribution in [0.4, 0.5) is 4.79 Å². The number of urea groups is 1. The number of hydrogen-bond donors (Lipinski definition) is 2. The molecule has 4 nitrogen and oxygen atoms in total. The fourth-order valence-corrected chi connectivity index (χ4v) is 2.76. The lowest BCUT2D eigenvalue weighted by Crippen LogP contribution is -2.38. The van der Waals surface area contributed by atoms with Crippen molar-refractivity contribution in [1.82, 2.24) is 15.6 Å². The maximum absolute atomic E-state index is 11.7. The molecule has 2 N–H and O–H groups in total. The monoisotopic (exact) mass is 303 g/mol. The molecule has 0 aliphatic rings. The minimum absolute atomic E-state index is 0.119. The van der Waals surface area contributed by atoms with E-state index in [1.54, 1.807) is 17.5 Å². The lowest BCUT2D eigenvalue weighted by atomic mass is 10.1. The second-order valence-electron chi connectivity index (χ2n) is 5.15. The van der Waals surface area contributed by atoms with Crippen LogP contribution < -0.4 is 10.6 Å². The van der Waals surface area contributed by atoms with Crippen LogP contribution in [-0.2, 0) is 6.42 Å². The van der Waals surface area contributed by atoms with E-state index in [1.165, 1.54) is 11.1 Å². The predicted molar refractivity (Wildman–Crippen MR) is 86.8 cm³/mol. The molecule has 0 saturated carbocycles. The van der Waals surface area contributed by atoms with Crippen LogP contribution in [-0.4, -0.2) is 24.1 Å². The summed E-state index contributed by atoms with van der Waals surface area (Å²) in [4.78, 5) is 16.0. The number of nitrogens with zero attached hydrogens (tertiary/aromatic N) is 1. The van der Waals surface area contributed by atoms with Gasteiger partial charge in [0.25, 0.3) is 0 Å². The van der Waals surface area contributed by atoms with E-state index in [0.717, 1.165) is 11.4 Å². The molecule has 112 valence electrons. The van der Waals surface area contributed by atoms with Crippen LogP contribution in [0.2, 0.25) is 0 Å². The summed E-state index contributed by atoms with van der Waals surface area (Å²) in [6.07, 6.45) is 2.63. The van der Waals surface area contributed by atoms with Gasteiger partial charge in [0.2, 0.25) is 0 Å². The molecule has 1 aromatic heterocycles. The molecule has 0 radical (unpaired) electrons. The number of amides is 2. The fourth-order valence-electron chi connectivity index (χ4n) is 2.06. The molecule has 1 unspecified atom stereocenters. The molecule has 0 fully saturated rings. The first-order chi connectivity index (χ1) is 10.1. The van der Waals surface area contributed by atoms with Crippen molar-refractivity contribution >= 4 is 17.4 Å². The quantitative estimate of drug-likeness (QED) is 0.861. The maximum Gasteiger partial charge on any atom is 0.314 e. The Balaban J connectivity index is 1.66. The molecular formula is C16H21N3OS. The minimum atomic E-state index is -0.119. The second-order valence-corrected chi connectivity index (χ2v) is 6.07. The van der Waals surface area contributed by atoms with Crippen LogP contribution in [0.15, 0.2) is 35.8 Å². The van der Waals surface area contributed by atoms with E-state index in [0.29, 0.717) is 13.1 Å². The van der Waals surface area contributed by atoms with Gasteiger partial charge in [-0.25, -0.2) is 9.78 Å². The first-order valence-corrected chi connectivity index (χ1v) is 8.00. The highest BCUT2D eigenvalue weighted by Crippen LogP contribution is 2.16. The molecule has 5 heteroatoms. The average molecular weight is 303 g/mol.